The number of methoxy groups -OCH3 is 1. The Balaban J connectivity index is 2.04. The number of benzene rings is 2. The third kappa shape index (κ3) is 2.67. The van der Waals surface area contributed by atoms with E-state index in [1.807, 2.05) is 0 Å². The number of hydrogen-bond acceptors (Lipinski definition) is 3. The smallest absolute Gasteiger partial charge is 0.340 e. The minimum Gasteiger partial charge on any atom is -0.465 e. The molecule has 142 valence electrons. The minimum atomic E-state index is -0.987. The van der Waals surface area contributed by atoms with Gasteiger partial charge in [-0.15, -0.1) is 0 Å². The molecule has 2 N–H and O–H groups in total. The van der Waals surface area contributed by atoms with Crippen molar-refractivity contribution < 1.29 is 23.1 Å². The van der Waals surface area contributed by atoms with Gasteiger partial charge in [0.05, 0.1) is 24.3 Å². The number of esters is 1. The molecule has 28 heavy (non-hydrogen) atoms. The number of halogens is 2. The fourth-order valence-electron chi connectivity index (χ4n) is 3.69. The summed E-state index contributed by atoms with van der Waals surface area (Å²) in [4.78, 5) is 28.3. The molecule has 4 rings (SSSR count). The number of carbonyl (C=O) groups excluding carboxylic acids is 2. The van der Waals surface area contributed by atoms with E-state index in [1.54, 1.807) is 25.1 Å². The Hall–Kier alpha value is -3.48. The second-order valence-electron chi connectivity index (χ2n) is 6.54. The van der Waals surface area contributed by atoms with Gasteiger partial charge in [0.2, 0.25) is 5.91 Å². The fraction of sp³-hybridized carbons (Fsp3) is 0.143. The van der Waals surface area contributed by atoms with E-state index >= 15 is 0 Å². The van der Waals surface area contributed by atoms with E-state index in [0.717, 1.165) is 0 Å². The van der Waals surface area contributed by atoms with Crippen LogP contribution in [0.4, 0.5) is 14.5 Å². The van der Waals surface area contributed by atoms with Gasteiger partial charge < -0.3 is 15.0 Å². The van der Waals surface area contributed by atoms with Crippen LogP contribution in [0.25, 0.3) is 11.3 Å². The number of ether oxygens (including phenoxy) is 1. The standard InChI is InChI=1S/C21H16F2N2O3/c1-10-16(21(27)28-2)18(19(24-10)12-5-3-4-6-14(12)23)17-13-9-11(22)7-8-15(13)25-20(17)26/h3-9,17,24H,1-2H3,(H,25,26)/t17-/m0/s1. The Morgan fingerprint density at radius 3 is 2.61 bits per heavy atom. The van der Waals surface area contributed by atoms with Gasteiger partial charge in [0.25, 0.3) is 0 Å². The third-order valence-electron chi connectivity index (χ3n) is 4.89. The highest BCUT2D eigenvalue weighted by Crippen LogP contribution is 2.44. The molecule has 0 unspecified atom stereocenters. The van der Waals surface area contributed by atoms with Crippen molar-refractivity contribution in [3.05, 3.63) is 76.5 Å². The van der Waals surface area contributed by atoms with Crippen molar-refractivity contribution in [3.63, 3.8) is 0 Å². The predicted octanol–water partition coefficient (Wildman–Crippen LogP) is 4.14. The van der Waals surface area contributed by atoms with E-state index in [2.05, 4.69) is 10.3 Å². The molecule has 0 spiro atoms. The average Bonchev–Trinajstić information content (AvgIpc) is 3.16. The van der Waals surface area contributed by atoms with Crippen LogP contribution in [-0.4, -0.2) is 24.0 Å². The summed E-state index contributed by atoms with van der Waals surface area (Å²) >= 11 is 0. The quantitative estimate of drug-likeness (QED) is 0.669. The van der Waals surface area contributed by atoms with Gasteiger partial charge in [0.1, 0.15) is 11.6 Å². The molecule has 1 atom stereocenters. The lowest BCUT2D eigenvalue weighted by Gasteiger charge is -2.14. The maximum absolute atomic E-state index is 14.5. The molecule has 1 aliphatic heterocycles. The third-order valence-corrected chi connectivity index (χ3v) is 4.89. The van der Waals surface area contributed by atoms with E-state index in [9.17, 15) is 18.4 Å². The summed E-state index contributed by atoms with van der Waals surface area (Å²) < 4.78 is 33.3. The topological polar surface area (TPSA) is 71.2 Å². The summed E-state index contributed by atoms with van der Waals surface area (Å²) in [6, 6.07) is 9.97. The van der Waals surface area contributed by atoms with Crippen molar-refractivity contribution in [2.45, 2.75) is 12.8 Å². The Morgan fingerprint density at radius 2 is 1.89 bits per heavy atom. The van der Waals surface area contributed by atoms with Crippen molar-refractivity contribution in [1.29, 1.82) is 0 Å². The highest BCUT2D eigenvalue weighted by molar-refractivity contribution is 6.08. The number of aromatic nitrogens is 1. The van der Waals surface area contributed by atoms with E-state index in [1.165, 1.54) is 31.4 Å². The van der Waals surface area contributed by atoms with Gasteiger partial charge >= 0.3 is 5.97 Å². The number of amides is 1. The first-order valence-electron chi connectivity index (χ1n) is 8.58. The molecule has 0 bridgehead atoms. The van der Waals surface area contributed by atoms with E-state index in [4.69, 9.17) is 4.74 Å². The molecule has 0 saturated carbocycles. The number of H-pyrrole nitrogens is 1. The van der Waals surface area contributed by atoms with Crippen molar-refractivity contribution in [2.24, 2.45) is 0 Å². The van der Waals surface area contributed by atoms with E-state index in [0.29, 0.717) is 16.9 Å². The molecule has 3 aromatic rings. The Labute approximate surface area is 159 Å². The molecule has 0 radical (unpaired) electrons. The van der Waals surface area contributed by atoms with E-state index in [-0.39, 0.29) is 22.4 Å². The first-order valence-corrected chi connectivity index (χ1v) is 8.58. The number of fused-ring (bicyclic) bond motifs is 1. The maximum atomic E-state index is 14.5. The number of carbonyl (C=O) groups is 2. The number of rotatable bonds is 3. The lowest BCUT2D eigenvalue weighted by atomic mass is 9.87. The Bertz CT molecular complexity index is 1120. The normalized spacial score (nSPS) is 15.3. The molecular formula is C21H16F2N2O3. The van der Waals surface area contributed by atoms with Crippen LogP contribution >= 0.6 is 0 Å². The molecule has 1 aromatic heterocycles. The van der Waals surface area contributed by atoms with Gasteiger partial charge in [-0.2, -0.15) is 0 Å². The Kier molecular flexibility index (Phi) is 4.22. The number of hydrogen-bond donors (Lipinski definition) is 2. The SMILES string of the molecule is COC(=O)c1c(C)[nH]c(-c2ccccc2F)c1[C@H]1C(=O)Nc2ccc(F)cc21. The molecule has 0 saturated heterocycles. The first kappa shape index (κ1) is 17.9. The first-order chi connectivity index (χ1) is 13.4. The number of aromatic amines is 1. The molecule has 1 aliphatic rings. The molecule has 0 fully saturated rings. The van der Waals surface area contributed by atoms with Crippen LogP contribution in [0.3, 0.4) is 0 Å². The maximum Gasteiger partial charge on any atom is 0.340 e. The summed E-state index contributed by atoms with van der Waals surface area (Å²) in [5, 5.41) is 2.69. The number of nitrogens with one attached hydrogen (secondary N) is 2. The van der Waals surface area contributed by atoms with Crippen molar-refractivity contribution in [3.8, 4) is 11.3 Å². The van der Waals surface area contributed by atoms with Crippen LogP contribution in [0, 0.1) is 18.6 Å². The van der Waals surface area contributed by atoms with Gasteiger partial charge in [0.15, 0.2) is 0 Å². The molecule has 7 heteroatoms. The summed E-state index contributed by atoms with van der Waals surface area (Å²) in [5.41, 5.74) is 2.14. The number of anilines is 1. The lowest BCUT2D eigenvalue weighted by Crippen LogP contribution is -2.17. The molecule has 2 aromatic carbocycles. The molecule has 2 heterocycles. The van der Waals surface area contributed by atoms with Crippen LogP contribution < -0.4 is 5.32 Å². The summed E-state index contributed by atoms with van der Waals surface area (Å²) in [6.07, 6.45) is 0. The predicted molar refractivity (Wildman–Crippen MR) is 99.1 cm³/mol. The van der Waals surface area contributed by atoms with Crippen LogP contribution in [0.5, 0.6) is 0 Å². The molecular weight excluding hydrogens is 366 g/mol. The van der Waals surface area contributed by atoms with Crippen molar-refractivity contribution >= 4 is 17.6 Å². The van der Waals surface area contributed by atoms with Crippen molar-refractivity contribution in [1.82, 2.24) is 4.98 Å². The monoisotopic (exact) mass is 382 g/mol. The molecule has 5 nitrogen and oxygen atoms in total. The van der Waals surface area contributed by atoms with Crippen LogP contribution in [0.1, 0.15) is 33.1 Å². The largest absolute Gasteiger partial charge is 0.465 e. The van der Waals surface area contributed by atoms with E-state index < -0.39 is 29.4 Å². The zero-order valence-corrected chi connectivity index (χ0v) is 15.1. The molecule has 1 amide bonds. The van der Waals surface area contributed by atoms with Crippen molar-refractivity contribution in [2.75, 3.05) is 12.4 Å². The Morgan fingerprint density at radius 1 is 1.14 bits per heavy atom. The summed E-state index contributed by atoms with van der Waals surface area (Å²) in [7, 11) is 1.23. The van der Waals surface area contributed by atoms with Crippen LogP contribution in [0.15, 0.2) is 42.5 Å². The van der Waals surface area contributed by atoms with Gasteiger partial charge in [0, 0.05) is 22.5 Å². The zero-order valence-electron chi connectivity index (χ0n) is 15.1. The summed E-state index contributed by atoms with van der Waals surface area (Å²) in [6.45, 7) is 1.64. The summed E-state index contributed by atoms with van der Waals surface area (Å²) in [5.74, 6) is -3.11. The van der Waals surface area contributed by atoms with Gasteiger partial charge in [-0.05, 0) is 42.8 Å². The van der Waals surface area contributed by atoms with Gasteiger partial charge in [-0.25, -0.2) is 13.6 Å². The van der Waals surface area contributed by atoms with Gasteiger partial charge in [-0.3, -0.25) is 4.79 Å². The second kappa shape index (κ2) is 6.60. The minimum absolute atomic E-state index is 0.137. The fourth-order valence-corrected chi connectivity index (χ4v) is 3.69. The lowest BCUT2D eigenvalue weighted by molar-refractivity contribution is -0.116. The van der Waals surface area contributed by atoms with Crippen LogP contribution in [0.2, 0.25) is 0 Å². The van der Waals surface area contributed by atoms with Crippen LogP contribution in [-0.2, 0) is 9.53 Å². The molecule has 0 aliphatic carbocycles. The average molecular weight is 382 g/mol. The van der Waals surface area contributed by atoms with Gasteiger partial charge in [-0.1, -0.05) is 12.1 Å². The zero-order chi connectivity index (χ0) is 20.0. The highest BCUT2D eigenvalue weighted by Gasteiger charge is 2.39. The highest BCUT2D eigenvalue weighted by atomic mass is 19.1. The second-order valence-corrected chi connectivity index (χ2v) is 6.54. The number of aryl methyl sites for hydroxylation is 1.